The Balaban J connectivity index is 2.66. The van der Waals surface area contributed by atoms with Crippen LogP contribution in [0.3, 0.4) is 0 Å². The molecule has 2 aromatic rings. The highest BCUT2D eigenvalue weighted by Gasteiger charge is 2.17. The van der Waals surface area contributed by atoms with Crippen molar-refractivity contribution in [1.82, 2.24) is 9.13 Å². The maximum absolute atomic E-state index is 12.4. The highest BCUT2D eigenvalue weighted by molar-refractivity contribution is 9.10. The van der Waals surface area contributed by atoms with Crippen LogP contribution in [0.1, 0.15) is 15.9 Å². The van der Waals surface area contributed by atoms with E-state index in [0.29, 0.717) is 9.50 Å². The molecule has 0 N–H and O–H groups in total. The number of nitrogens with zero attached hydrogens (tertiary/aromatic N) is 2. The predicted molar refractivity (Wildman–Crippen MR) is 79.5 cm³/mol. The fourth-order valence-corrected chi connectivity index (χ4v) is 2.66. The molecule has 0 radical (unpaired) electrons. The van der Waals surface area contributed by atoms with Crippen LogP contribution in [-0.4, -0.2) is 14.9 Å². The highest BCUT2D eigenvalue weighted by atomic mass is 79.9. The molecule has 0 saturated carbocycles. The van der Waals surface area contributed by atoms with Crippen molar-refractivity contribution in [2.75, 3.05) is 0 Å². The van der Waals surface area contributed by atoms with Crippen LogP contribution in [0.5, 0.6) is 0 Å². The summed E-state index contributed by atoms with van der Waals surface area (Å²) in [7, 11) is 2.81. The van der Waals surface area contributed by atoms with E-state index in [-0.39, 0.29) is 11.1 Å². The number of aromatic nitrogens is 2. The molecule has 0 atom stereocenters. The molecule has 0 aliphatic carbocycles. The molecular formula is C13H10BrClN2O3. The maximum atomic E-state index is 12.4. The standard InChI is InChI=1S/C13H10BrClN2O3/c1-16-6-10(12(19)17(2)13(16)20)11(18)7-3-8(14)5-9(15)4-7/h3-6H,1-2H3. The molecule has 1 heterocycles. The predicted octanol–water partition coefficient (Wildman–Crippen LogP) is 1.73. The number of rotatable bonds is 2. The third-order valence-electron chi connectivity index (χ3n) is 2.82. The van der Waals surface area contributed by atoms with Crippen LogP contribution in [0.15, 0.2) is 38.5 Å². The van der Waals surface area contributed by atoms with E-state index < -0.39 is 17.0 Å². The maximum Gasteiger partial charge on any atom is 0.330 e. The Morgan fingerprint density at radius 2 is 1.85 bits per heavy atom. The topological polar surface area (TPSA) is 61.1 Å². The van der Waals surface area contributed by atoms with Crippen LogP contribution in [0, 0.1) is 0 Å². The molecule has 1 aromatic heterocycles. The van der Waals surface area contributed by atoms with E-state index in [1.165, 1.54) is 30.9 Å². The van der Waals surface area contributed by atoms with Crippen molar-refractivity contribution >= 4 is 33.3 Å². The van der Waals surface area contributed by atoms with Crippen LogP contribution < -0.4 is 11.2 Å². The van der Waals surface area contributed by atoms with Crippen LogP contribution in [0.4, 0.5) is 0 Å². The fourth-order valence-electron chi connectivity index (χ4n) is 1.80. The van der Waals surface area contributed by atoms with Crippen LogP contribution >= 0.6 is 27.5 Å². The molecular weight excluding hydrogens is 348 g/mol. The summed E-state index contributed by atoms with van der Waals surface area (Å²) in [4.78, 5) is 36.0. The van der Waals surface area contributed by atoms with Gasteiger partial charge >= 0.3 is 5.69 Å². The lowest BCUT2D eigenvalue weighted by Crippen LogP contribution is -2.39. The molecule has 0 spiro atoms. The molecule has 0 fully saturated rings. The zero-order valence-electron chi connectivity index (χ0n) is 10.7. The molecule has 0 unspecified atom stereocenters. The lowest BCUT2D eigenvalue weighted by molar-refractivity contribution is 0.103. The number of halogens is 2. The Kier molecular flexibility index (Phi) is 3.96. The van der Waals surface area contributed by atoms with Crippen LogP contribution in [0.2, 0.25) is 5.02 Å². The summed E-state index contributed by atoms with van der Waals surface area (Å²) in [6, 6.07) is 4.68. The van der Waals surface area contributed by atoms with E-state index in [1.54, 1.807) is 12.1 Å². The molecule has 7 heteroatoms. The zero-order valence-corrected chi connectivity index (χ0v) is 13.0. The monoisotopic (exact) mass is 356 g/mol. The number of aryl methyl sites for hydroxylation is 1. The summed E-state index contributed by atoms with van der Waals surface area (Å²) in [5.74, 6) is -0.482. The van der Waals surface area contributed by atoms with Crippen LogP contribution in [-0.2, 0) is 14.1 Å². The first-order valence-corrected chi connectivity index (χ1v) is 6.76. The molecule has 2 rings (SSSR count). The average molecular weight is 358 g/mol. The van der Waals surface area contributed by atoms with Gasteiger partial charge in [0.1, 0.15) is 5.56 Å². The van der Waals surface area contributed by atoms with Crippen molar-refractivity contribution in [1.29, 1.82) is 0 Å². The summed E-state index contributed by atoms with van der Waals surface area (Å²) >= 11 is 9.13. The van der Waals surface area contributed by atoms with E-state index in [2.05, 4.69) is 15.9 Å². The molecule has 0 amide bonds. The van der Waals surface area contributed by atoms with Crippen LogP contribution in [0.25, 0.3) is 0 Å². The zero-order chi connectivity index (χ0) is 15.0. The Bertz CT molecular complexity index is 803. The Hall–Kier alpha value is -1.66. The lowest BCUT2D eigenvalue weighted by Gasteiger charge is -2.06. The van der Waals surface area contributed by atoms with Gasteiger partial charge in [-0.05, 0) is 18.2 Å². The van der Waals surface area contributed by atoms with E-state index in [9.17, 15) is 14.4 Å². The van der Waals surface area contributed by atoms with Crippen molar-refractivity contribution in [2.45, 2.75) is 0 Å². The van der Waals surface area contributed by atoms with Gasteiger partial charge in [0.15, 0.2) is 5.78 Å². The third kappa shape index (κ3) is 2.62. The molecule has 20 heavy (non-hydrogen) atoms. The van der Waals surface area contributed by atoms with Crippen molar-refractivity contribution in [2.24, 2.45) is 14.1 Å². The third-order valence-corrected chi connectivity index (χ3v) is 3.49. The number of ketones is 1. The Morgan fingerprint density at radius 1 is 1.20 bits per heavy atom. The van der Waals surface area contributed by atoms with Gasteiger partial charge in [-0.25, -0.2) is 4.79 Å². The summed E-state index contributed by atoms with van der Waals surface area (Å²) in [6.07, 6.45) is 1.24. The molecule has 0 aliphatic heterocycles. The van der Waals surface area contributed by atoms with Crippen molar-refractivity contribution < 1.29 is 4.79 Å². The van der Waals surface area contributed by atoms with E-state index >= 15 is 0 Å². The Labute approximate surface area is 127 Å². The smallest absolute Gasteiger partial charge is 0.303 e. The number of hydrogen-bond acceptors (Lipinski definition) is 3. The first-order valence-electron chi connectivity index (χ1n) is 5.58. The van der Waals surface area contributed by atoms with E-state index in [4.69, 9.17) is 11.6 Å². The Morgan fingerprint density at radius 3 is 2.45 bits per heavy atom. The first-order chi connectivity index (χ1) is 9.31. The van der Waals surface area contributed by atoms with Gasteiger partial charge in [0, 0.05) is 35.4 Å². The van der Waals surface area contributed by atoms with Gasteiger partial charge in [0.2, 0.25) is 0 Å². The second kappa shape index (κ2) is 5.38. The van der Waals surface area contributed by atoms with Gasteiger partial charge in [0.25, 0.3) is 5.56 Å². The minimum atomic E-state index is -0.630. The van der Waals surface area contributed by atoms with E-state index in [1.807, 2.05) is 0 Å². The minimum Gasteiger partial charge on any atom is -0.303 e. The van der Waals surface area contributed by atoms with Crippen molar-refractivity contribution in [3.8, 4) is 0 Å². The molecule has 0 bridgehead atoms. The van der Waals surface area contributed by atoms with Gasteiger partial charge in [0.05, 0.1) is 0 Å². The lowest BCUT2D eigenvalue weighted by atomic mass is 10.1. The van der Waals surface area contributed by atoms with Gasteiger partial charge in [-0.3, -0.25) is 14.2 Å². The van der Waals surface area contributed by atoms with Crippen molar-refractivity contribution in [3.05, 3.63) is 65.9 Å². The molecule has 0 aliphatic rings. The van der Waals surface area contributed by atoms with Gasteiger partial charge < -0.3 is 4.57 Å². The number of carbonyl (C=O) groups excluding carboxylic acids is 1. The van der Waals surface area contributed by atoms with Gasteiger partial charge in [-0.2, -0.15) is 0 Å². The first kappa shape index (κ1) is 14.7. The fraction of sp³-hybridized carbons (Fsp3) is 0.154. The highest BCUT2D eigenvalue weighted by Crippen LogP contribution is 2.20. The minimum absolute atomic E-state index is 0.0798. The normalized spacial score (nSPS) is 10.6. The largest absolute Gasteiger partial charge is 0.330 e. The molecule has 1 aromatic carbocycles. The van der Waals surface area contributed by atoms with E-state index in [0.717, 1.165) is 4.57 Å². The quantitative estimate of drug-likeness (QED) is 0.769. The number of carbonyl (C=O) groups is 1. The number of benzene rings is 1. The summed E-state index contributed by atoms with van der Waals surface area (Å²) in [5, 5.41) is 0.379. The second-order valence-electron chi connectivity index (χ2n) is 4.29. The SMILES string of the molecule is Cn1cc(C(=O)c2cc(Cl)cc(Br)c2)c(=O)n(C)c1=O. The van der Waals surface area contributed by atoms with Crippen molar-refractivity contribution in [3.63, 3.8) is 0 Å². The molecule has 0 saturated heterocycles. The summed E-state index contributed by atoms with van der Waals surface area (Å²) in [6.45, 7) is 0. The summed E-state index contributed by atoms with van der Waals surface area (Å²) < 4.78 is 2.72. The second-order valence-corrected chi connectivity index (χ2v) is 5.64. The van der Waals surface area contributed by atoms with Gasteiger partial charge in [-0.1, -0.05) is 27.5 Å². The molecule has 104 valence electrons. The number of hydrogen-bond donors (Lipinski definition) is 0. The molecule has 5 nitrogen and oxygen atoms in total. The average Bonchev–Trinajstić information content (AvgIpc) is 2.38. The summed E-state index contributed by atoms with van der Waals surface area (Å²) in [5.41, 5.74) is -0.920. The van der Waals surface area contributed by atoms with Gasteiger partial charge in [-0.15, -0.1) is 0 Å².